The number of rotatable bonds is 4. The summed E-state index contributed by atoms with van der Waals surface area (Å²) in [5.41, 5.74) is 1.51. The van der Waals surface area contributed by atoms with Crippen molar-refractivity contribution >= 4 is 12.1 Å². The van der Waals surface area contributed by atoms with Crippen molar-refractivity contribution in [2.45, 2.75) is 6.61 Å². The van der Waals surface area contributed by atoms with Crippen molar-refractivity contribution < 1.29 is 13.9 Å². The quantitative estimate of drug-likeness (QED) is 0.567. The molecule has 3 rings (SSSR count). The van der Waals surface area contributed by atoms with E-state index >= 15 is 0 Å². The Kier molecular flexibility index (Phi) is 2.94. The molecule has 3 aromatic rings. The number of hydrogen-bond donors (Lipinski definition) is 1. The largest absolute Gasteiger partial charge is 0.486 e. The van der Waals surface area contributed by atoms with Crippen molar-refractivity contribution in [3.8, 4) is 5.75 Å². The van der Waals surface area contributed by atoms with Gasteiger partial charge >= 0.3 is 5.78 Å². The number of benzene rings is 1. The Hall–Kier alpha value is -2.69. The lowest BCUT2D eigenvalue weighted by molar-refractivity contribution is -0.513. The molecule has 2 heterocycles. The second-order valence-corrected chi connectivity index (χ2v) is 4.11. The third-order valence-corrected chi connectivity index (χ3v) is 2.73. The van der Waals surface area contributed by atoms with Gasteiger partial charge in [-0.15, -0.1) is 0 Å². The van der Waals surface area contributed by atoms with Crippen molar-refractivity contribution in [2.75, 3.05) is 0 Å². The Morgan fingerprint density at radius 2 is 2.32 bits per heavy atom. The molecule has 2 aromatic heterocycles. The van der Waals surface area contributed by atoms with E-state index in [9.17, 15) is 4.79 Å². The summed E-state index contributed by atoms with van der Waals surface area (Å²) >= 11 is 0. The second kappa shape index (κ2) is 4.89. The number of aromatic nitrogens is 3. The van der Waals surface area contributed by atoms with Crippen LogP contribution in [0.15, 0.2) is 48.9 Å². The Balaban J connectivity index is 1.76. The lowest BCUT2D eigenvalue weighted by Crippen LogP contribution is -2.17. The van der Waals surface area contributed by atoms with E-state index in [-0.39, 0.29) is 0 Å². The Labute approximate surface area is 109 Å². The number of carbonyl (C=O) groups is 1. The van der Waals surface area contributed by atoms with Gasteiger partial charge in [-0.05, 0) is 12.1 Å². The van der Waals surface area contributed by atoms with Gasteiger partial charge in [0.05, 0.1) is 6.20 Å². The third-order valence-electron chi connectivity index (χ3n) is 2.73. The van der Waals surface area contributed by atoms with Gasteiger partial charge in [0.2, 0.25) is 0 Å². The molecule has 0 amide bonds. The maximum Gasteiger partial charge on any atom is 0.401 e. The number of fused-ring (bicyclic) bond motifs is 1. The number of imidazole rings is 1. The first-order valence-corrected chi connectivity index (χ1v) is 5.87. The fourth-order valence-corrected chi connectivity index (χ4v) is 1.84. The van der Waals surface area contributed by atoms with E-state index in [1.807, 2.05) is 28.9 Å². The highest BCUT2D eigenvalue weighted by atomic mass is 16.5. The minimum Gasteiger partial charge on any atom is -0.486 e. The maximum absolute atomic E-state index is 10.7. The van der Waals surface area contributed by atoms with Crippen LogP contribution < -0.4 is 9.14 Å². The van der Waals surface area contributed by atoms with Crippen molar-refractivity contribution in [3.63, 3.8) is 0 Å². The number of H-pyrrole nitrogens is 1. The molecule has 5 heteroatoms. The first-order chi connectivity index (χ1) is 9.35. The average molecular weight is 254 g/mol. The number of hydrogen-bond acceptors (Lipinski definition) is 3. The molecule has 1 aromatic carbocycles. The van der Waals surface area contributed by atoms with E-state index < -0.39 is 0 Å². The second-order valence-electron chi connectivity index (χ2n) is 4.11. The van der Waals surface area contributed by atoms with Gasteiger partial charge in [-0.25, -0.2) is 9.38 Å². The van der Waals surface area contributed by atoms with Crippen LogP contribution in [0.1, 0.15) is 16.1 Å². The third kappa shape index (κ3) is 2.44. The normalized spacial score (nSPS) is 10.5. The summed E-state index contributed by atoms with van der Waals surface area (Å²) in [7, 11) is 0. The summed E-state index contributed by atoms with van der Waals surface area (Å²) in [6.45, 7) is 0.395. The molecule has 0 atom stereocenters. The summed E-state index contributed by atoms with van der Waals surface area (Å²) in [6.07, 6.45) is 6.36. The minimum atomic E-state index is 0.395. The predicted molar refractivity (Wildman–Crippen MR) is 67.9 cm³/mol. The topological polar surface area (TPSA) is 59.1 Å². The molecule has 0 spiro atoms. The molecule has 0 radical (unpaired) electrons. The van der Waals surface area contributed by atoms with E-state index in [4.69, 9.17) is 4.74 Å². The SMILES string of the molecule is O=Cc1cccc(OCc2c[n+]3cccnc3[nH]2)c1. The van der Waals surface area contributed by atoms with E-state index in [1.165, 1.54) is 0 Å². The van der Waals surface area contributed by atoms with Crippen LogP contribution in [0, 0.1) is 0 Å². The van der Waals surface area contributed by atoms with Gasteiger partial charge in [-0.3, -0.25) is 4.79 Å². The summed E-state index contributed by atoms with van der Waals surface area (Å²) in [6, 6.07) is 8.92. The highest BCUT2D eigenvalue weighted by Crippen LogP contribution is 2.13. The number of aldehydes is 1. The molecular weight excluding hydrogens is 242 g/mol. The fourth-order valence-electron chi connectivity index (χ4n) is 1.84. The monoisotopic (exact) mass is 254 g/mol. The van der Waals surface area contributed by atoms with Crippen molar-refractivity contribution in [3.05, 3.63) is 60.2 Å². The maximum atomic E-state index is 10.7. The minimum absolute atomic E-state index is 0.395. The molecule has 0 fully saturated rings. The van der Waals surface area contributed by atoms with Crippen LogP contribution in [0.25, 0.3) is 5.78 Å². The molecular formula is C14H12N3O2+. The van der Waals surface area contributed by atoms with Gasteiger partial charge < -0.3 is 4.74 Å². The van der Waals surface area contributed by atoms with Crippen LogP contribution in [-0.4, -0.2) is 16.3 Å². The smallest absolute Gasteiger partial charge is 0.401 e. The number of carbonyl (C=O) groups excluding carboxylic acids is 1. The van der Waals surface area contributed by atoms with Crippen LogP contribution in [0.3, 0.4) is 0 Å². The van der Waals surface area contributed by atoms with Gasteiger partial charge in [0, 0.05) is 11.6 Å². The lowest BCUT2D eigenvalue weighted by Gasteiger charge is -2.03. The number of aromatic amines is 1. The number of ether oxygens (including phenoxy) is 1. The van der Waals surface area contributed by atoms with Crippen LogP contribution in [0.2, 0.25) is 0 Å². The Morgan fingerprint density at radius 3 is 3.16 bits per heavy atom. The first-order valence-electron chi connectivity index (χ1n) is 5.87. The molecule has 1 N–H and O–H groups in total. The zero-order valence-corrected chi connectivity index (χ0v) is 10.1. The van der Waals surface area contributed by atoms with Crippen LogP contribution in [-0.2, 0) is 6.61 Å². The predicted octanol–water partition coefficient (Wildman–Crippen LogP) is 1.54. The van der Waals surface area contributed by atoms with Crippen molar-refractivity contribution in [1.29, 1.82) is 0 Å². The van der Waals surface area contributed by atoms with Crippen LogP contribution >= 0.6 is 0 Å². The summed E-state index contributed by atoms with van der Waals surface area (Å²) in [4.78, 5) is 18.0. The molecule has 0 bridgehead atoms. The summed E-state index contributed by atoms with van der Waals surface area (Å²) in [5.74, 6) is 1.43. The standard InChI is InChI=1S/C14H11N3O2/c18-9-11-3-1-4-13(7-11)19-10-12-8-17-6-2-5-15-14(17)16-12/h1-9H,10H2/p+1. The van der Waals surface area contributed by atoms with E-state index in [2.05, 4.69) is 9.97 Å². The van der Waals surface area contributed by atoms with Gasteiger partial charge in [0.15, 0.2) is 0 Å². The number of nitrogens with one attached hydrogen (secondary N) is 1. The lowest BCUT2D eigenvalue weighted by atomic mass is 10.2. The molecule has 5 nitrogen and oxygen atoms in total. The van der Waals surface area contributed by atoms with Crippen molar-refractivity contribution in [2.24, 2.45) is 0 Å². The summed E-state index contributed by atoms with van der Waals surface area (Å²) in [5, 5.41) is 0. The fraction of sp³-hybridized carbons (Fsp3) is 0.0714. The van der Waals surface area contributed by atoms with Gasteiger partial charge in [-0.1, -0.05) is 17.1 Å². The molecule has 94 valence electrons. The van der Waals surface area contributed by atoms with Gasteiger partial charge in [0.25, 0.3) is 0 Å². The van der Waals surface area contributed by atoms with Crippen molar-refractivity contribution in [1.82, 2.24) is 9.97 Å². The molecule has 0 aliphatic carbocycles. The van der Waals surface area contributed by atoms with E-state index in [1.54, 1.807) is 24.4 Å². The zero-order valence-electron chi connectivity index (χ0n) is 10.1. The highest BCUT2D eigenvalue weighted by Gasteiger charge is 2.08. The Bertz CT molecular complexity index is 688. The van der Waals surface area contributed by atoms with E-state index in [0.29, 0.717) is 17.9 Å². The molecule has 0 saturated carbocycles. The highest BCUT2D eigenvalue weighted by molar-refractivity contribution is 5.75. The molecule has 0 aliphatic heterocycles. The molecule has 0 unspecified atom stereocenters. The number of nitrogens with zero attached hydrogens (tertiary/aromatic N) is 2. The summed E-state index contributed by atoms with van der Waals surface area (Å²) < 4.78 is 7.52. The van der Waals surface area contributed by atoms with Crippen LogP contribution in [0.5, 0.6) is 5.75 Å². The van der Waals surface area contributed by atoms with Crippen LogP contribution in [0.4, 0.5) is 0 Å². The first kappa shape index (κ1) is 11.4. The Morgan fingerprint density at radius 1 is 1.37 bits per heavy atom. The molecule has 0 saturated heterocycles. The molecule has 0 aliphatic rings. The van der Waals surface area contributed by atoms with Gasteiger partial charge in [-0.2, -0.15) is 0 Å². The van der Waals surface area contributed by atoms with E-state index in [0.717, 1.165) is 17.8 Å². The average Bonchev–Trinajstić information content (AvgIpc) is 2.88. The molecule has 19 heavy (non-hydrogen) atoms. The zero-order chi connectivity index (χ0) is 13.1. The van der Waals surface area contributed by atoms with Gasteiger partial charge in [0.1, 0.15) is 36.7 Å².